The number of piperidine rings is 1. The molecule has 1 aliphatic heterocycles. The lowest BCUT2D eigenvalue weighted by Gasteiger charge is -2.33. The Morgan fingerprint density at radius 1 is 1.56 bits per heavy atom. The fourth-order valence-electron chi connectivity index (χ4n) is 2.10. The number of hydrogen-bond donors (Lipinski definition) is 3. The zero-order valence-corrected chi connectivity index (χ0v) is 11.4. The van der Waals surface area contributed by atoms with Gasteiger partial charge < -0.3 is 10.6 Å². The number of hydrogen-bond acceptors (Lipinski definition) is 4. The van der Waals surface area contributed by atoms with E-state index in [0.717, 1.165) is 19.4 Å². The van der Waals surface area contributed by atoms with Crippen LogP contribution in [0.15, 0.2) is 0 Å². The summed E-state index contributed by atoms with van der Waals surface area (Å²) in [6.07, 6.45) is 2.10. The summed E-state index contributed by atoms with van der Waals surface area (Å²) in [5.74, 6) is 0.152. The van der Waals surface area contributed by atoms with Crippen molar-refractivity contribution < 1.29 is 13.2 Å². The lowest BCUT2D eigenvalue weighted by Crippen LogP contribution is -2.45. The van der Waals surface area contributed by atoms with Gasteiger partial charge in [0.1, 0.15) is 0 Å². The Hall–Kier alpha value is -0.700. The minimum absolute atomic E-state index is 0.0327. The van der Waals surface area contributed by atoms with Crippen molar-refractivity contribution in [2.45, 2.75) is 32.2 Å². The molecule has 1 saturated heterocycles. The molecule has 1 amide bonds. The van der Waals surface area contributed by atoms with Gasteiger partial charge in [0.15, 0.2) is 0 Å². The fourth-order valence-corrected chi connectivity index (χ4v) is 2.56. The van der Waals surface area contributed by atoms with E-state index >= 15 is 0 Å². The Kier molecular flexibility index (Phi) is 5.51. The second kappa shape index (κ2) is 6.46. The zero-order chi connectivity index (χ0) is 13.8. The van der Waals surface area contributed by atoms with Gasteiger partial charge in [0.2, 0.25) is 5.91 Å². The van der Waals surface area contributed by atoms with Crippen LogP contribution in [0.25, 0.3) is 0 Å². The summed E-state index contributed by atoms with van der Waals surface area (Å²) in [6, 6.07) is -0.152. The highest BCUT2D eigenvalue weighted by Gasteiger charge is 2.24. The lowest BCUT2D eigenvalue weighted by molar-refractivity contribution is -0.133. The summed E-state index contributed by atoms with van der Waals surface area (Å²) in [5.41, 5.74) is 5.59. The van der Waals surface area contributed by atoms with E-state index in [-0.39, 0.29) is 24.4 Å². The molecule has 5 N–H and O–H groups in total. The van der Waals surface area contributed by atoms with Crippen LogP contribution in [0.5, 0.6) is 0 Å². The molecule has 0 bridgehead atoms. The number of rotatable bonds is 5. The molecule has 0 aromatic carbocycles. The number of likely N-dealkylation sites (tertiary alicyclic amines) is 1. The van der Waals surface area contributed by atoms with E-state index in [9.17, 15) is 13.2 Å². The summed E-state index contributed by atoms with van der Waals surface area (Å²) < 4.78 is 23.9. The van der Waals surface area contributed by atoms with Crippen molar-refractivity contribution in [3.8, 4) is 0 Å². The molecule has 1 rings (SSSR count). The Bertz CT molecular complexity index is 383. The normalized spacial score (nSPS) is 22.8. The topological polar surface area (TPSA) is 119 Å². The first-order valence-corrected chi connectivity index (χ1v) is 7.63. The highest BCUT2D eigenvalue weighted by Crippen LogP contribution is 2.16. The van der Waals surface area contributed by atoms with Crippen LogP contribution in [0.1, 0.15) is 26.2 Å². The molecule has 1 aliphatic rings. The van der Waals surface area contributed by atoms with Gasteiger partial charge in [0.05, 0.1) is 0 Å². The molecule has 2 unspecified atom stereocenters. The van der Waals surface area contributed by atoms with Crippen molar-refractivity contribution in [2.24, 2.45) is 16.8 Å². The van der Waals surface area contributed by atoms with Crippen LogP contribution in [-0.4, -0.2) is 44.9 Å². The first kappa shape index (κ1) is 15.4. The summed E-state index contributed by atoms with van der Waals surface area (Å²) in [4.78, 5) is 13.6. The third-order valence-corrected chi connectivity index (χ3v) is 3.51. The second-order valence-corrected chi connectivity index (χ2v) is 6.30. The molecule has 8 heteroatoms. The minimum Gasteiger partial charge on any atom is -0.342 e. The van der Waals surface area contributed by atoms with Crippen LogP contribution >= 0.6 is 0 Å². The van der Waals surface area contributed by atoms with E-state index in [4.69, 9.17) is 10.9 Å². The highest BCUT2D eigenvalue weighted by atomic mass is 32.2. The largest absolute Gasteiger partial charge is 0.342 e. The van der Waals surface area contributed by atoms with Crippen LogP contribution in [-0.2, 0) is 15.0 Å². The number of carbonyl (C=O) groups is 1. The van der Waals surface area contributed by atoms with Crippen LogP contribution in [0.3, 0.4) is 0 Å². The maximum Gasteiger partial charge on any atom is 0.274 e. The average molecular weight is 278 g/mol. The van der Waals surface area contributed by atoms with E-state index in [1.807, 2.05) is 0 Å². The average Bonchev–Trinajstić information content (AvgIpc) is 2.25. The summed E-state index contributed by atoms with van der Waals surface area (Å²) in [6.45, 7) is 3.36. The van der Waals surface area contributed by atoms with Crippen LogP contribution in [0.4, 0.5) is 0 Å². The lowest BCUT2D eigenvalue weighted by atomic mass is 9.98. The van der Waals surface area contributed by atoms with Crippen molar-refractivity contribution in [2.75, 3.05) is 19.6 Å². The van der Waals surface area contributed by atoms with Gasteiger partial charge in [-0.1, -0.05) is 0 Å². The first-order valence-electron chi connectivity index (χ1n) is 6.08. The molecule has 1 heterocycles. The summed E-state index contributed by atoms with van der Waals surface area (Å²) in [5, 5.41) is 4.88. The van der Waals surface area contributed by atoms with Crippen LogP contribution in [0.2, 0.25) is 0 Å². The maximum atomic E-state index is 11.8. The molecule has 0 aromatic rings. The molecule has 1 fully saturated rings. The number of nitrogens with zero attached hydrogens (tertiary/aromatic N) is 1. The van der Waals surface area contributed by atoms with E-state index in [1.165, 1.54) is 0 Å². The van der Waals surface area contributed by atoms with Crippen molar-refractivity contribution in [1.29, 1.82) is 0 Å². The first-order chi connectivity index (χ1) is 8.28. The fraction of sp³-hybridized carbons (Fsp3) is 0.900. The van der Waals surface area contributed by atoms with Crippen LogP contribution in [0, 0.1) is 5.92 Å². The quantitative estimate of drug-likeness (QED) is 0.582. The number of amides is 1. The van der Waals surface area contributed by atoms with Crippen molar-refractivity contribution >= 4 is 16.1 Å². The van der Waals surface area contributed by atoms with Gasteiger partial charge in [0, 0.05) is 32.1 Å². The van der Waals surface area contributed by atoms with Gasteiger partial charge in [-0.05, 0) is 25.7 Å². The SMILES string of the molecule is CC(N)CC(=O)N1CCCC(CNS(N)(=O)=O)C1. The molecule has 0 radical (unpaired) electrons. The maximum absolute atomic E-state index is 11.8. The predicted octanol–water partition coefficient (Wildman–Crippen LogP) is -1.24. The molecule has 2 atom stereocenters. The molecule has 0 spiro atoms. The van der Waals surface area contributed by atoms with Gasteiger partial charge in [-0.25, -0.2) is 9.86 Å². The standard InChI is InChI=1S/C10H22N4O3S/c1-8(11)5-10(15)14-4-2-3-9(7-14)6-13-18(12,16)17/h8-9,13H,2-7,11H2,1H3,(H2,12,16,17). The molecular formula is C10H22N4O3S. The smallest absolute Gasteiger partial charge is 0.274 e. The van der Waals surface area contributed by atoms with Gasteiger partial charge in [0.25, 0.3) is 10.2 Å². The van der Waals surface area contributed by atoms with E-state index < -0.39 is 10.2 Å². The number of nitrogens with one attached hydrogen (secondary N) is 1. The predicted molar refractivity (Wildman–Crippen MR) is 68.7 cm³/mol. The summed E-state index contributed by atoms with van der Waals surface area (Å²) >= 11 is 0. The molecule has 0 saturated carbocycles. The van der Waals surface area contributed by atoms with E-state index in [1.54, 1.807) is 11.8 Å². The highest BCUT2D eigenvalue weighted by molar-refractivity contribution is 7.87. The van der Waals surface area contributed by atoms with E-state index in [0.29, 0.717) is 13.0 Å². The van der Waals surface area contributed by atoms with Crippen molar-refractivity contribution in [1.82, 2.24) is 9.62 Å². The Balaban J connectivity index is 2.43. The summed E-state index contributed by atoms with van der Waals surface area (Å²) in [7, 11) is -3.65. The molecule has 0 aliphatic carbocycles. The van der Waals surface area contributed by atoms with E-state index in [2.05, 4.69) is 4.72 Å². The molecule has 18 heavy (non-hydrogen) atoms. The van der Waals surface area contributed by atoms with Gasteiger partial charge >= 0.3 is 0 Å². The minimum atomic E-state index is -3.65. The Morgan fingerprint density at radius 3 is 2.78 bits per heavy atom. The third kappa shape index (κ3) is 5.76. The van der Waals surface area contributed by atoms with Crippen LogP contribution < -0.4 is 15.6 Å². The van der Waals surface area contributed by atoms with Crippen molar-refractivity contribution in [3.05, 3.63) is 0 Å². The monoisotopic (exact) mass is 278 g/mol. The molecular weight excluding hydrogens is 256 g/mol. The third-order valence-electron chi connectivity index (χ3n) is 2.94. The molecule has 7 nitrogen and oxygen atoms in total. The number of carbonyl (C=O) groups excluding carboxylic acids is 1. The molecule has 0 aromatic heterocycles. The second-order valence-electron chi connectivity index (χ2n) is 4.92. The van der Waals surface area contributed by atoms with Gasteiger partial charge in [-0.3, -0.25) is 4.79 Å². The molecule has 106 valence electrons. The Labute approximate surface area is 108 Å². The number of nitrogens with two attached hydrogens (primary N) is 2. The zero-order valence-electron chi connectivity index (χ0n) is 10.6. The van der Waals surface area contributed by atoms with Crippen molar-refractivity contribution in [3.63, 3.8) is 0 Å². The van der Waals surface area contributed by atoms with Gasteiger partial charge in [-0.2, -0.15) is 8.42 Å². The Morgan fingerprint density at radius 2 is 2.22 bits per heavy atom. The van der Waals surface area contributed by atoms with Gasteiger partial charge in [-0.15, -0.1) is 0 Å².